The van der Waals surface area contributed by atoms with Crippen molar-refractivity contribution in [2.75, 3.05) is 5.32 Å². The molecular formula is C22H16N4OS2. The van der Waals surface area contributed by atoms with Crippen molar-refractivity contribution >= 4 is 33.9 Å². The summed E-state index contributed by atoms with van der Waals surface area (Å²) in [5.74, 6) is 2.26. The SMILES string of the molecule is N#Cc1ccccc1CSc1nnc(Nc2ccc(Oc3ccccc3)cc2)s1. The van der Waals surface area contributed by atoms with Crippen LogP contribution in [0.15, 0.2) is 83.2 Å². The maximum atomic E-state index is 9.18. The van der Waals surface area contributed by atoms with Crippen LogP contribution in [0.25, 0.3) is 0 Å². The molecular weight excluding hydrogens is 400 g/mol. The number of aromatic nitrogens is 2. The number of hydrogen-bond acceptors (Lipinski definition) is 7. The Morgan fingerprint density at radius 2 is 1.62 bits per heavy atom. The third-order valence-corrected chi connectivity index (χ3v) is 6.00. The van der Waals surface area contributed by atoms with Crippen LogP contribution < -0.4 is 10.1 Å². The first-order valence-electron chi connectivity index (χ1n) is 8.84. The lowest BCUT2D eigenvalue weighted by Crippen LogP contribution is -1.90. The Hall–Kier alpha value is -3.34. The molecule has 29 heavy (non-hydrogen) atoms. The highest BCUT2D eigenvalue weighted by Crippen LogP contribution is 2.31. The molecule has 0 radical (unpaired) electrons. The van der Waals surface area contributed by atoms with Gasteiger partial charge in [0.2, 0.25) is 5.13 Å². The zero-order chi connectivity index (χ0) is 19.9. The van der Waals surface area contributed by atoms with Gasteiger partial charge in [-0.15, -0.1) is 10.2 Å². The Morgan fingerprint density at radius 1 is 0.897 bits per heavy atom. The van der Waals surface area contributed by atoms with E-state index >= 15 is 0 Å². The number of thioether (sulfide) groups is 1. The van der Waals surface area contributed by atoms with Crippen LogP contribution in [-0.2, 0) is 5.75 Å². The fourth-order valence-corrected chi connectivity index (χ4v) is 4.34. The van der Waals surface area contributed by atoms with E-state index in [-0.39, 0.29) is 0 Å². The number of ether oxygens (including phenoxy) is 1. The minimum absolute atomic E-state index is 0.684. The molecule has 0 amide bonds. The van der Waals surface area contributed by atoms with Crippen molar-refractivity contribution in [1.82, 2.24) is 10.2 Å². The molecule has 0 bridgehead atoms. The first-order valence-corrected chi connectivity index (χ1v) is 10.6. The Labute approximate surface area is 177 Å². The number of rotatable bonds is 7. The van der Waals surface area contributed by atoms with E-state index in [1.165, 1.54) is 11.3 Å². The summed E-state index contributed by atoms with van der Waals surface area (Å²) in [4.78, 5) is 0. The molecule has 4 aromatic rings. The van der Waals surface area contributed by atoms with Gasteiger partial charge in [0.15, 0.2) is 4.34 Å². The normalized spacial score (nSPS) is 10.3. The van der Waals surface area contributed by atoms with Gasteiger partial charge in [0, 0.05) is 11.4 Å². The molecule has 1 heterocycles. The summed E-state index contributed by atoms with van der Waals surface area (Å²) >= 11 is 3.05. The van der Waals surface area contributed by atoms with E-state index in [4.69, 9.17) is 4.74 Å². The van der Waals surface area contributed by atoms with E-state index in [9.17, 15) is 5.26 Å². The molecule has 3 aromatic carbocycles. The summed E-state index contributed by atoms with van der Waals surface area (Å²) in [5, 5.41) is 21.6. The minimum Gasteiger partial charge on any atom is -0.457 e. The molecule has 0 unspecified atom stereocenters. The van der Waals surface area contributed by atoms with Crippen LogP contribution in [0.4, 0.5) is 10.8 Å². The van der Waals surface area contributed by atoms with Crippen LogP contribution >= 0.6 is 23.1 Å². The van der Waals surface area contributed by atoms with Gasteiger partial charge in [-0.2, -0.15) is 5.26 Å². The third-order valence-electron chi connectivity index (χ3n) is 3.98. The van der Waals surface area contributed by atoms with Crippen molar-refractivity contribution in [2.24, 2.45) is 0 Å². The summed E-state index contributed by atoms with van der Waals surface area (Å²) in [5.41, 5.74) is 2.60. The van der Waals surface area contributed by atoms with Crippen LogP contribution in [0.3, 0.4) is 0 Å². The highest BCUT2D eigenvalue weighted by Gasteiger charge is 2.08. The topological polar surface area (TPSA) is 70.8 Å². The predicted octanol–water partition coefficient (Wildman–Crippen LogP) is 6.24. The van der Waals surface area contributed by atoms with E-state index in [1.54, 1.807) is 11.8 Å². The number of anilines is 2. The molecule has 1 aromatic heterocycles. The molecule has 0 fully saturated rings. The molecule has 1 N–H and O–H groups in total. The zero-order valence-corrected chi connectivity index (χ0v) is 16.9. The largest absolute Gasteiger partial charge is 0.457 e. The number of nitrogens with zero attached hydrogens (tertiary/aromatic N) is 3. The molecule has 0 aliphatic heterocycles. The fraction of sp³-hybridized carbons (Fsp3) is 0.0455. The second-order valence-corrected chi connectivity index (χ2v) is 8.20. The van der Waals surface area contributed by atoms with Gasteiger partial charge in [-0.25, -0.2) is 0 Å². The van der Waals surface area contributed by atoms with Gasteiger partial charge in [0.25, 0.3) is 0 Å². The summed E-state index contributed by atoms with van der Waals surface area (Å²) in [7, 11) is 0. The average molecular weight is 417 g/mol. The lowest BCUT2D eigenvalue weighted by atomic mass is 10.1. The standard InChI is InChI=1S/C22H16N4OS2/c23-14-16-6-4-5-7-17(16)15-28-22-26-25-21(29-22)24-18-10-12-20(13-11-18)27-19-8-2-1-3-9-19/h1-13H,15H2,(H,24,25). The van der Waals surface area contributed by atoms with Gasteiger partial charge in [-0.3, -0.25) is 0 Å². The van der Waals surface area contributed by atoms with E-state index in [1.807, 2.05) is 78.9 Å². The number of benzene rings is 3. The highest BCUT2D eigenvalue weighted by molar-refractivity contribution is 8.00. The molecule has 0 spiro atoms. The maximum Gasteiger partial charge on any atom is 0.210 e. The van der Waals surface area contributed by atoms with Crippen molar-refractivity contribution in [3.8, 4) is 17.6 Å². The van der Waals surface area contributed by atoms with Crippen LogP contribution in [0.2, 0.25) is 0 Å². The van der Waals surface area contributed by atoms with E-state index in [2.05, 4.69) is 21.6 Å². The van der Waals surface area contributed by atoms with Crippen LogP contribution in [0.1, 0.15) is 11.1 Å². The average Bonchev–Trinajstić information content (AvgIpc) is 3.22. The highest BCUT2D eigenvalue weighted by atomic mass is 32.2. The molecule has 7 heteroatoms. The van der Waals surface area contributed by atoms with E-state index in [0.717, 1.165) is 32.2 Å². The van der Waals surface area contributed by atoms with Crippen molar-refractivity contribution in [3.05, 3.63) is 90.0 Å². The van der Waals surface area contributed by atoms with Gasteiger partial charge in [-0.1, -0.05) is 59.5 Å². The Balaban J connectivity index is 1.35. The molecule has 0 aliphatic rings. The fourth-order valence-electron chi connectivity index (χ4n) is 2.57. The Kier molecular flexibility index (Phi) is 6.05. The van der Waals surface area contributed by atoms with Crippen molar-refractivity contribution in [2.45, 2.75) is 10.1 Å². The monoisotopic (exact) mass is 416 g/mol. The number of para-hydroxylation sites is 1. The maximum absolute atomic E-state index is 9.18. The van der Waals surface area contributed by atoms with Crippen LogP contribution in [0, 0.1) is 11.3 Å². The van der Waals surface area contributed by atoms with Gasteiger partial charge in [-0.05, 0) is 48.0 Å². The Bertz CT molecular complexity index is 1120. The first-order chi connectivity index (χ1) is 14.3. The number of hydrogen-bond donors (Lipinski definition) is 1. The molecule has 5 nitrogen and oxygen atoms in total. The van der Waals surface area contributed by atoms with Crippen molar-refractivity contribution in [3.63, 3.8) is 0 Å². The minimum atomic E-state index is 0.684. The summed E-state index contributed by atoms with van der Waals surface area (Å²) in [6.07, 6.45) is 0. The quantitative estimate of drug-likeness (QED) is 0.360. The van der Waals surface area contributed by atoms with Gasteiger partial charge in [0.1, 0.15) is 11.5 Å². The second kappa shape index (κ2) is 9.24. The van der Waals surface area contributed by atoms with Gasteiger partial charge in [0.05, 0.1) is 11.6 Å². The Morgan fingerprint density at radius 3 is 2.41 bits per heavy atom. The van der Waals surface area contributed by atoms with Crippen LogP contribution in [0.5, 0.6) is 11.5 Å². The first kappa shape index (κ1) is 19.0. The van der Waals surface area contributed by atoms with E-state index in [0.29, 0.717) is 11.3 Å². The third kappa shape index (κ3) is 5.13. The summed E-state index contributed by atoms with van der Waals surface area (Å²) in [6, 6.07) is 27.2. The summed E-state index contributed by atoms with van der Waals surface area (Å²) in [6.45, 7) is 0. The van der Waals surface area contributed by atoms with Gasteiger partial charge < -0.3 is 10.1 Å². The van der Waals surface area contributed by atoms with Crippen LogP contribution in [-0.4, -0.2) is 10.2 Å². The molecule has 4 rings (SSSR count). The smallest absolute Gasteiger partial charge is 0.210 e. The number of nitrogens with one attached hydrogen (secondary N) is 1. The van der Waals surface area contributed by atoms with E-state index < -0.39 is 0 Å². The number of nitriles is 1. The van der Waals surface area contributed by atoms with Crippen molar-refractivity contribution < 1.29 is 4.74 Å². The predicted molar refractivity (Wildman–Crippen MR) is 117 cm³/mol. The van der Waals surface area contributed by atoms with Gasteiger partial charge >= 0.3 is 0 Å². The molecule has 142 valence electrons. The summed E-state index contributed by atoms with van der Waals surface area (Å²) < 4.78 is 6.65. The zero-order valence-electron chi connectivity index (χ0n) is 15.3. The van der Waals surface area contributed by atoms with Crippen molar-refractivity contribution in [1.29, 1.82) is 5.26 Å². The molecule has 0 saturated heterocycles. The lowest BCUT2D eigenvalue weighted by molar-refractivity contribution is 0.483. The lowest BCUT2D eigenvalue weighted by Gasteiger charge is -2.06. The molecule has 0 aliphatic carbocycles. The molecule has 0 atom stereocenters. The second-order valence-electron chi connectivity index (χ2n) is 6.00. The molecule has 0 saturated carbocycles.